The molecule has 0 N–H and O–H groups in total. The van der Waals surface area contributed by atoms with E-state index < -0.39 is 0 Å². The number of rotatable bonds is 6. The van der Waals surface area contributed by atoms with Crippen molar-refractivity contribution in [2.24, 2.45) is 0 Å². The molecule has 0 bridgehead atoms. The van der Waals surface area contributed by atoms with E-state index in [2.05, 4.69) is 31.1 Å². The van der Waals surface area contributed by atoms with Crippen molar-refractivity contribution in [3.8, 4) is 5.69 Å². The van der Waals surface area contributed by atoms with Gasteiger partial charge in [-0.05, 0) is 52.0 Å². The van der Waals surface area contributed by atoms with Crippen LogP contribution in [0.2, 0.25) is 0 Å². The maximum atomic E-state index is 5.35. The summed E-state index contributed by atoms with van der Waals surface area (Å²) in [6.07, 6.45) is 1.63. The molecule has 126 valence electrons. The molecule has 3 heterocycles. The number of hydrogen-bond acceptors (Lipinski definition) is 8. The summed E-state index contributed by atoms with van der Waals surface area (Å²) in [5.41, 5.74) is 0.908. The number of hydrogen-bond donors (Lipinski definition) is 0. The molecule has 0 radical (unpaired) electrons. The van der Waals surface area contributed by atoms with Crippen molar-refractivity contribution >= 4 is 11.8 Å². The van der Waals surface area contributed by atoms with Crippen molar-refractivity contribution in [2.75, 3.05) is 0 Å². The number of aromatic nitrogens is 8. The van der Waals surface area contributed by atoms with E-state index in [0.717, 1.165) is 17.3 Å². The van der Waals surface area contributed by atoms with E-state index in [1.807, 2.05) is 49.4 Å². The average Bonchev–Trinajstić information content (AvgIpc) is 3.38. The van der Waals surface area contributed by atoms with E-state index >= 15 is 0 Å². The third-order valence-corrected chi connectivity index (χ3v) is 4.59. The lowest BCUT2D eigenvalue weighted by molar-refractivity contribution is 0.462. The molecule has 9 nitrogen and oxygen atoms in total. The van der Waals surface area contributed by atoms with Gasteiger partial charge in [-0.25, -0.2) is 4.68 Å². The number of furan rings is 1. The van der Waals surface area contributed by atoms with Crippen LogP contribution >= 0.6 is 11.8 Å². The zero-order valence-electron chi connectivity index (χ0n) is 13.3. The molecule has 4 aromatic rings. The zero-order chi connectivity index (χ0) is 17.1. The van der Waals surface area contributed by atoms with Gasteiger partial charge in [-0.3, -0.25) is 0 Å². The van der Waals surface area contributed by atoms with Crippen LogP contribution in [-0.4, -0.2) is 40.4 Å². The molecule has 25 heavy (non-hydrogen) atoms. The maximum absolute atomic E-state index is 5.35. The highest BCUT2D eigenvalue weighted by atomic mass is 32.2. The van der Waals surface area contributed by atoms with Gasteiger partial charge in [0.1, 0.15) is 12.3 Å². The summed E-state index contributed by atoms with van der Waals surface area (Å²) in [6.45, 7) is 2.49. The predicted molar refractivity (Wildman–Crippen MR) is 89.1 cm³/mol. The Morgan fingerprint density at radius 3 is 2.68 bits per heavy atom. The molecule has 0 aliphatic carbocycles. The van der Waals surface area contributed by atoms with Gasteiger partial charge in [0.25, 0.3) is 0 Å². The van der Waals surface area contributed by atoms with Crippen LogP contribution in [0, 0.1) is 0 Å². The first-order chi connectivity index (χ1) is 12.3. The van der Waals surface area contributed by atoms with Gasteiger partial charge >= 0.3 is 0 Å². The van der Waals surface area contributed by atoms with E-state index in [4.69, 9.17) is 4.42 Å². The van der Waals surface area contributed by atoms with Gasteiger partial charge in [0.15, 0.2) is 5.82 Å². The minimum absolute atomic E-state index is 0.0449. The second-order valence-electron chi connectivity index (χ2n) is 5.24. The SMILES string of the molecule is CC(Sc1nnnn1Cc1ccco1)c1nnnn1-c1ccccc1. The van der Waals surface area contributed by atoms with Crippen molar-refractivity contribution in [3.63, 3.8) is 0 Å². The molecule has 4 rings (SSSR count). The lowest BCUT2D eigenvalue weighted by atomic mass is 10.3. The Hall–Kier alpha value is -3.01. The fourth-order valence-corrected chi connectivity index (χ4v) is 3.22. The average molecular weight is 354 g/mol. The third kappa shape index (κ3) is 3.29. The van der Waals surface area contributed by atoms with E-state index in [1.54, 1.807) is 15.6 Å². The van der Waals surface area contributed by atoms with Crippen molar-refractivity contribution in [2.45, 2.75) is 23.9 Å². The Bertz CT molecular complexity index is 934. The summed E-state index contributed by atoms with van der Waals surface area (Å²) < 4.78 is 8.77. The lowest BCUT2D eigenvalue weighted by Crippen LogP contribution is -2.07. The monoisotopic (exact) mass is 354 g/mol. The second kappa shape index (κ2) is 6.85. The van der Waals surface area contributed by atoms with E-state index in [9.17, 15) is 0 Å². The molecule has 0 saturated carbocycles. The molecule has 0 fully saturated rings. The van der Waals surface area contributed by atoms with Crippen LogP contribution in [0.5, 0.6) is 0 Å². The fraction of sp³-hybridized carbons (Fsp3) is 0.200. The molecular weight excluding hydrogens is 340 g/mol. The van der Waals surface area contributed by atoms with Crippen LogP contribution in [0.1, 0.15) is 23.8 Å². The largest absolute Gasteiger partial charge is 0.467 e. The van der Waals surface area contributed by atoms with Crippen molar-refractivity contribution in [1.29, 1.82) is 0 Å². The van der Waals surface area contributed by atoms with Crippen LogP contribution in [0.4, 0.5) is 0 Å². The Morgan fingerprint density at radius 2 is 1.88 bits per heavy atom. The van der Waals surface area contributed by atoms with Crippen LogP contribution < -0.4 is 0 Å². The molecule has 0 spiro atoms. The summed E-state index contributed by atoms with van der Waals surface area (Å²) in [4.78, 5) is 0. The van der Waals surface area contributed by atoms with E-state index in [1.165, 1.54) is 11.8 Å². The summed E-state index contributed by atoms with van der Waals surface area (Å²) in [5.74, 6) is 1.51. The van der Waals surface area contributed by atoms with Crippen molar-refractivity contribution in [1.82, 2.24) is 40.4 Å². The van der Waals surface area contributed by atoms with Gasteiger partial charge in [0, 0.05) is 0 Å². The van der Waals surface area contributed by atoms with Gasteiger partial charge in [-0.1, -0.05) is 30.0 Å². The van der Waals surface area contributed by atoms with E-state index in [-0.39, 0.29) is 5.25 Å². The van der Waals surface area contributed by atoms with Gasteiger partial charge in [0.05, 0.1) is 17.2 Å². The molecular formula is C15H14N8OS. The normalized spacial score (nSPS) is 12.4. The Morgan fingerprint density at radius 1 is 1.04 bits per heavy atom. The highest BCUT2D eigenvalue weighted by molar-refractivity contribution is 7.99. The molecule has 0 saturated heterocycles. The molecule has 3 aromatic heterocycles. The quantitative estimate of drug-likeness (QED) is 0.486. The molecule has 1 atom stereocenters. The standard InChI is InChI=1S/C15H14N8OS/c1-11(14-16-18-21-23(14)12-6-3-2-4-7-12)25-15-17-19-20-22(15)10-13-8-5-9-24-13/h2-9,11H,10H2,1H3. The topological polar surface area (TPSA) is 100 Å². The van der Waals surface area contributed by atoms with Crippen LogP contribution in [0.3, 0.4) is 0 Å². The first-order valence-corrected chi connectivity index (χ1v) is 8.48. The van der Waals surface area contributed by atoms with Gasteiger partial charge in [-0.15, -0.1) is 10.2 Å². The summed E-state index contributed by atoms with van der Waals surface area (Å²) in [5, 5.41) is 24.6. The molecule has 1 aromatic carbocycles. The fourth-order valence-electron chi connectivity index (χ4n) is 2.34. The minimum atomic E-state index is -0.0449. The van der Waals surface area contributed by atoms with E-state index in [0.29, 0.717) is 11.7 Å². The Labute approximate surface area is 147 Å². The Balaban J connectivity index is 1.55. The smallest absolute Gasteiger partial charge is 0.210 e. The van der Waals surface area contributed by atoms with Crippen molar-refractivity contribution < 1.29 is 4.42 Å². The van der Waals surface area contributed by atoms with Crippen LogP contribution in [-0.2, 0) is 6.54 Å². The maximum Gasteiger partial charge on any atom is 0.210 e. The van der Waals surface area contributed by atoms with Gasteiger partial charge in [0.2, 0.25) is 5.16 Å². The third-order valence-electron chi connectivity index (χ3n) is 3.52. The number of nitrogens with zero attached hydrogens (tertiary/aromatic N) is 8. The first-order valence-electron chi connectivity index (χ1n) is 7.60. The first kappa shape index (κ1) is 15.5. The molecule has 0 aliphatic heterocycles. The number of para-hydroxylation sites is 1. The molecule has 0 aliphatic rings. The number of benzene rings is 1. The lowest BCUT2D eigenvalue weighted by Gasteiger charge is -2.10. The number of tetrazole rings is 2. The minimum Gasteiger partial charge on any atom is -0.467 e. The molecule has 10 heteroatoms. The highest BCUT2D eigenvalue weighted by Gasteiger charge is 2.20. The van der Waals surface area contributed by atoms with Crippen LogP contribution in [0.25, 0.3) is 5.69 Å². The molecule has 0 amide bonds. The summed E-state index contributed by atoms with van der Waals surface area (Å²) in [7, 11) is 0. The van der Waals surface area contributed by atoms with Crippen molar-refractivity contribution in [3.05, 3.63) is 60.3 Å². The van der Waals surface area contributed by atoms with Crippen LogP contribution in [0.15, 0.2) is 58.3 Å². The predicted octanol–water partition coefficient (Wildman–Crippen LogP) is 2.14. The highest BCUT2D eigenvalue weighted by Crippen LogP contribution is 2.32. The molecule has 1 unspecified atom stereocenters. The van der Waals surface area contributed by atoms with Gasteiger partial charge < -0.3 is 4.42 Å². The Kier molecular flexibility index (Phi) is 4.25. The number of thioether (sulfide) groups is 1. The second-order valence-corrected chi connectivity index (χ2v) is 6.55. The summed E-state index contributed by atoms with van der Waals surface area (Å²) >= 11 is 1.49. The zero-order valence-corrected chi connectivity index (χ0v) is 14.1. The van der Waals surface area contributed by atoms with Gasteiger partial charge in [-0.2, -0.15) is 4.68 Å². The summed E-state index contributed by atoms with van der Waals surface area (Å²) in [6, 6.07) is 13.5.